The van der Waals surface area contributed by atoms with Crippen LogP contribution < -0.4 is 14.8 Å². The van der Waals surface area contributed by atoms with Crippen LogP contribution in [0.3, 0.4) is 0 Å². The number of benzene rings is 1. The number of fused-ring (bicyclic) bond motifs is 2. The third kappa shape index (κ3) is 2.82. The maximum absolute atomic E-state index is 5.93. The average molecular weight is 302 g/mol. The van der Waals surface area contributed by atoms with Crippen molar-refractivity contribution in [3.8, 4) is 11.5 Å². The van der Waals surface area contributed by atoms with Crippen molar-refractivity contribution in [2.45, 2.75) is 50.7 Å². The van der Waals surface area contributed by atoms with Gasteiger partial charge in [-0.25, -0.2) is 0 Å². The van der Waals surface area contributed by atoms with E-state index in [-0.39, 0.29) is 0 Å². The van der Waals surface area contributed by atoms with Crippen LogP contribution in [0.15, 0.2) is 18.2 Å². The fraction of sp³-hybridized carbons (Fsp3) is 0.667. The van der Waals surface area contributed by atoms with Crippen LogP contribution in [0.4, 0.5) is 0 Å². The molecular formula is C18H26N2O2. The number of nitrogens with zero attached hydrogens (tertiary/aromatic N) is 1. The maximum Gasteiger partial charge on any atom is 0.165 e. The molecule has 2 saturated heterocycles. The van der Waals surface area contributed by atoms with Crippen molar-refractivity contribution in [3.05, 3.63) is 23.8 Å². The van der Waals surface area contributed by atoms with Crippen molar-refractivity contribution >= 4 is 0 Å². The quantitative estimate of drug-likeness (QED) is 0.930. The summed E-state index contributed by atoms with van der Waals surface area (Å²) in [5, 5.41) is 3.79. The summed E-state index contributed by atoms with van der Waals surface area (Å²) in [6, 6.07) is 7.62. The van der Waals surface area contributed by atoms with E-state index in [1.165, 1.54) is 44.3 Å². The van der Waals surface area contributed by atoms with E-state index in [0.29, 0.717) is 6.04 Å². The monoisotopic (exact) mass is 302 g/mol. The van der Waals surface area contributed by atoms with E-state index in [2.05, 4.69) is 22.3 Å². The molecule has 0 aliphatic carbocycles. The summed E-state index contributed by atoms with van der Waals surface area (Å²) in [4.78, 5) is 2.67. The minimum Gasteiger partial charge on any atom is -0.490 e. The highest BCUT2D eigenvalue weighted by Gasteiger charge is 2.35. The van der Waals surface area contributed by atoms with Gasteiger partial charge in [0.2, 0.25) is 0 Å². The van der Waals surface area contributed by atoms with Crippen molar-refractivity contribution in [1.29, 1.82) is 0 Å². The van der Waals surface area contributed by atoms with E-state index in [9.17, 15) is 0 Å². The Balaban J connectivity index is 1.43. The van der Waals surface area contributed by atoms with Crippen LogP contribution in [-0.4, -0.2) is 43.3 Å². The summed E-state index contributed by atoms with van der Waals surface area (Å²) in [5.41, 5.74) is 1.23. The average Bonchev–Trinajstić information content (AvgIpc) is 2.81. The topological polar surface area (TPSA) is 33.7 Å². The molecule has 1 aromatic carbocycles. The second-order valence-corrected chi connectivity index (χ2v) is 6.67. The van der Waals surface area contributed by atoms with Crippen molar-refractivity contribution in [3.63, 3.8) is 0 Å². The number of hydrogen-bond donors (Lipinski definition) is 1. The Morgan fingerprint density at radius 3 is 3.00 bits per heavy atom. The predicted octanol–water partition coefficient (Wildman–Crippen LogP) is 2.56. The summed E-state index contributed by atoms with van der Waals surface area (Å²) >= 11 is 0. The molecule has 0 unspecified atom stereocenters. The van der Waals surface area contributed by atoms with Crippen molar-refractivity contribution < 1.29 is 9.47 Å². The Morgan fingerprint density at radius 2 is 2.00 bits per heavy atom. The Labute approximate surface area is 132 Å². The Morgan fingerprint density at radius 1 is 1.05 bits per heavy atom. The number of piperidine rings is 1. The fourth-order valence-electron chi connectivity index (χ4n) is 4.12. The molecule has 3 aliphatic heterocycles. The minimum atomic E-state index is 0.628. The molecule has 4 nitrogen and oxygen atoms in total. The molecule has 4 heteroatoms. The number of hydrogen-bond acceptors (Lipinski definition) is 4. The molecule has 1 aromatic rings. The molecule has 0 saturated carbocycles. The molecule has 22 heavy (non-hydrogen) atoms. The molecule has 0 radical (unpaired) electrons. The molecule has 0 amide bonds. The second kappa shape index (κ2) is 6.47. The lowest BCUT2D eigenvalue weighted by Gasteiger charge is -2.32. The molecule has 1 N–H and O–H groups in total. The fourth-order valence-corrected chi connectivity index (χ4v) is 4.12. The van der Waals surface area contributed by atoms with Gasteiger partial charge in [0.05, 0.1) is 13.2 Å². The Hall–Kier alpha value is -1.26. The summed E-state index contributed by atoms with van der Waals surface area (Å²) in [6.45, 7) is 4.93. The molecule has 0 bridgehead atoms. The molecule has 2 atom stereocenters. The van der Waals surface area contributed by atoms with Gasteiger partial charge >= 0.3 is 0 Å². The first-order chi connectivity index (χ1) is 10.9. The lowest BCUT2D eigenvalue weighted by Crippen LogP contribution is -2.44. The molecule has 120 valence electrons. The summed E-state index contributed by atoms with van der Waals surface area (Å²) in [7, 11) is 0. The first-order valence-corrected chi connectivity index (χ1v) is 8.77. The van der Waals surface area contributed by atoms with E-state index >= 15 is 0 Å². The lowest BCUT2D eigenvalue weighted by molar-refractivity contribution is 0.180. The largest absolute Gasteiger partial charge is 0.490 e. The van der Waals surface area contributed by atoms with Crippen LogP contribution in [0, 0.1) is 0 Å². The van der Waals surface area contributed by atoms with Gasteiger partial charge in [-0.15, -0.1) is 0 Å². The molecule has 0 spiro atoms. The number of rotatable bonds is 3. The first kappa shape index (κ1) is 14.3. The summed E-state index contributed by atoms with van der Waals surface area (Å²) in [6.07, 6.45) is 6.35. The van der Waals surface area contributed by atoms with Gasteiger partial charge < -0.3 is 14.8 Å². The van der Waals surface area contributed by atoms with Crippen molar-refractivity contribution in [2.24, 2.45) is 0 Å². The van der Waals surface area contributed by atoms with Gasteiger partial charge in [0.15, 0.2) is 11.5 Å². The van der Waals surface area contributed by atoms with Crippen molar-refractivity contribution in [1.82, 2.24) is 10.2 Å². The van der Waals surface area contributed by atoms with Crippen LogP contribution in [0.25, 0.3) is 0 Å². The standard InChI is InChI=1S/C18H26N2O2/c1-2-9-20-10-8-15(16(20)6-1)19-13-14-5-3-7-17-18(14)22-12-4-11-21-17/h3,5,7,15-16,19H,1-2,4,6,8-13H2/t15-,16-/m1/s1. The lowest BCUT2D eigenvalue weighted by atomic mass is 9.99. The van der Waals surface area contributed by atoms with Gasteiger partial charge in [-0.1, -0.05) is 18.6 Å². The van der Waals surface area contributed by atoms with Crippen LogP contribution in [0.5, 0.6) is 11.5 Å². The van der Waals surface area contributed by atoms with Crippen LogP contribution in [0.1, 0.15) is 37.7 Å². The molecule has 4 rings (SSSR count). The summed E-state index contributed by atoms with van der Waals surface area (Å²) < 4.78 is 11.7. The zero-order valence-corrected chi connectivity index (χ0v) is 13.2. The first-order valence-electron chi connectivity index (χ1n) is 8.77. The molecule has 0 aromatic heterocycles. The number of ether oxygens (including phenoxy) is 2. The van der Waals surface area contributed by atoms with E-state index in [0.717, 1.165) is 43.7 Å². The smallest absolute Gasteiger partial charge is 0.165 e. The predicted molar refractivity (Wildman–Crippen MR) is 86.5 cm³/mol. The van der Waals surface area contributed by atoms with Crippen LogP contribution >= 0.6 is 0 Å². The highest BCUT2D eigenvalue weighted by Crippen LogP contribution is 2.34. The van der Waals surface area contributed by atoms with E-state index < -0.39 is 0 Å². The minimum absolute atomic E-state index is 0.628. The molecule has 3 heterocycles. The zero-order valence-electron chi connectivity index (χ0n) is 13.2. The van der Waals surface area contributed by atoms with Gasteiger partial charge in [-0.3, -0.25) is 4.90 Å². The van der Waals surface area contributed by atoms with E-state index in [1.54, 1.807) is 0 Å². The molecule has 2 fully saturated rings. The Kier molecular flexibility index (Phi) is 4.22. The van der Waals surface area contributed by atoms with Gasteiger partial charge in [0, 0.05) is 37.2 Å². The van der Waals surface area contributed by atoms with Gasteiger partial charge in [-0.05, 0) is 31.9 Å². The van der Waals surface area contributed by atoms with Gasteiger partial charge in [0.1, 0.15) is 0 Å². The SMILES string of the molecule is c1cc(CN[C@@H]2CCN3CCCC[C@H]23)c2c(c1)OCCCO2. The summed E-state index contributed by atoms with van der Waals surface area (Å²) in [5.74, 6) is 1.86. The van der Waals surface area contributed by atoms with Crippen LogP contribution in [0.2, 0.25) is 0 Å². The van der Waals surface area contributed by atoms with E-state index in [1.807, 2.05) is 6.07 Å². The zero-order chi connectivity index (χ0) is 14.8. The maximum atomic E-state index is 5.93. The molecule has 3 aliphatic rings. The Bertz CT molecular complexity index is 520. The highest BCUT2D eigenvalue weighted by molar-refractivity contribution is 5.47. The van der Waals surface area contributed by atoms with Gasteiger partial charge in [-0.2, -0.15) is 0 Å². The van der Waals surface area contributed by atoms with E-state index in [4.69, 9.17) is 9.47 Å². The van der Waals surface area contributed by atoms with Crippen molar-refractivity contribution in [2.75, 3.05) is 26.3 Å². The normalized spacial score (nSPS) is 28.2. The molecular weight excluding hydrogens is 276 g/mol. The van der Waals surface area contributed by atoms with Crippen LogP contribution in [-0.2, 0) is 6.54 Å². The highest BCUT2D eigenvalue weighted by atomic mass is 16.5. The second-order valence-electron chi connectivity index (χ2n) is 6.67. The third-order valence-electron chi connectivity index (χ3n) is 5.26. The van der Waals surface area contributed by atoms with Gasteiger partial charge in [0.25, 0.3) is 0 Å². The third-order valence-corrected chi connectivity index (χ3v) is 5.26. The number of nitrogens with one attached hydrogen (secondary N) is 1. The number of para-hydroxylation sites is 1.